The van der Waals surface area contributed by atoms with Gasteiger partial charge in [-0.15, -0.1) is 0 Å². The van der Waals surface area contributed by atoms with Crippen LogP contribution in [0.1, 0.15) is 34.8 Å². The van der Waals surface area contributed by atoms with Gasteiger partial charge in [0.25, 0.3) is 5.91 Å². The fraction of sp³-hybridized carbons (Fsp3) is 0.400. The van der Waals surface area contributed by atoms with Gasteiger partial charge in [-0.3, -0.25) is 4.79 Å². The summed E-state index contributed by atoms with van der Waals surface area (Å²) in [7, 11) is 0. The number of carbonyl (C=O) groups is 1. The topological polar surface area (TPSA) is 49.3 Å². The van der Waals surface area contributed by atoms with Crippen LogP contribution >= 0.6 is 0 Å². The number of rotatable bonds is 2. The molecule has 0 bridgehead atoms. The molecule has 1 aliphatic carbocycles. The Balaban J connectivity index is 2.23. The first-order chi connectivity index (χ1) is 8.61. The Morgan fingerprint density at radius 3 is 2.89 bits per heavy atom. The predicted octanol–water partition coefficient (Wildman–Crippen LogP) is 1.48. The minimum absolute atomic E-state index is 0.0738. The van der Waals surface area contributed by atoms with Gasteiger partial charge in [0.05, 0.1) is 5.56 Å². The second-order valence-corrected chi connectivity index (χ2v) is 4.80. The number of aryl methyl sites for hydroxylation is 1. The number of aliphatic hydroxyl groups excluding tert-OH is 1. The molecule has 0 heterocycles. The zero-order valence-electron chi connectivity index (χ0n) is 10.7. The maximum atomic E-state index is 12.1. The lowest BCUT2D eigenvalue weighted by Gasteiger charge is -2.07. The second kappa shape index (κ2) is 5.24. The van der Waals surface area contributed by atoms with Crippen LogP contribution in [0.4, 0.5) is 0 Å². The smallest absolute Gasteiger partial charge is 0.252 e. The molecule has 18 heavy (non-hydrogen) atoms. The molecule has 1 aromatic carbocycles. The number of nitrogens with one attached hydrogen (secondary N) is 1. The Morgan fingerprint density at radius 2 is 2.28 bits per heavy atom. The highest BCUT2D eigenvalue weighted by atomic mass is 16.2. The summed E-state index contributed by atoms with van der Waals surface area (Å²) < 4.78 is 0. The fourth-order valence-corrected chi connectivity index (χ4v) is 1.86. The second-order valence-electron chi connectivity index (χ2n) is 4.80. The van der Waals surface area contributed by atoms with Crippen LogP contribution in [0.15, 0.2) is 18.2 Å². The molecule has 0 saturated heterocycles. The number of carbonyl (C=O) groups excluding carboxylic acids is 1. The molecule has 0 aliphatic heterocycles. The zero-order chi connectivity index (χ0) is 13.1. The molecule has 0 spiro atoms. The van der Waals surface area contributed by atoms with Crippen LogP contribution in [0.5, 0.6) is 0 Å². The van der Waals surface area contributed by atoms with Crippen molar-refractivity contribution in [1.82, 2.24) is 5.32 Å². The number of hydrogen-bond acceptors (Lipinski definition) is 2. The number of aliphatic hydroxyl groups is 1. The van der Waals surface area contributed by atoms with Gasteiger partial charge in [-0.1, -0.05) is 30.4 Å². The summed E-state index contributed by atoms with van der Waals surface area (Å²) in [6, 6.07) is 5.88. The van der Waals surface area contributed by atoms with E-state index in [2.05, 4.69) is 24.1 Å². The highest BCUT2D eigenvalue weighted by Crippen LogP contribution is 2.29. The van der Waals surface area contributed by atoms with Crippen molar-refractivity contribution in [1.29, 1.82) is 0 Å². The van der Waals surface area contributed by atoms with Crippen LogP contribution < -0.4 is 5.32 Å². The van der Waals surface area contributed by atoms with Gasteiger partial charge in [0.2, 0.25) is 0 Å². The minimum Gasteiger partial charge on any atom is -0.384 e. The predicted molar refractivity (Wildman–Crippen MR) is 70.2 cm³/mol. The van der Waals surface area contributed by atoms with E-state index in [1.165, 1.54) is 0 Å². The zero-order valence-corrected chi connectivity index (χ0v) is 10.7. The molecule has 0 aromatic heterocycles. The highest BCUT2D eigenvalue weighted by molar-refractivity contribution is 5.97. The summed E-state index contributed by atoms with van der Waals surface area (Å²) >= 11 is 0. The van der Waals surface area contributed by atoms with E-state index in [0.717, 1.165) is 12.0 Å². The van der Waals surface area contributed by atoms with Crippen LogP contribution in [-0.2, 0) is 0 Å². The number of hydrogen-bond donors (Lipinski definition) is 2. The number of amides is 1. The van der Waals surface area contributed by atoms with E-state index in [9.17, 15) is 4.79 Å². The van der Waals surface area contributed by atoms with Crippen molar-refractivity contribution in [2.24, 2.45) is 5.92 Å². The van der Waals surface area contributed by atoms with E-state index >= 15 is 0 Å². The molecule has 3 heteroatoms. The molecule has 2 rings (SSSR count). The van der Waals surface area contributed by atoms with Crippen LogP contribution in [0.2, 0.25) is 0 Å². The fourth-order valence-electron chi connectivity index (χ4n) is 1.86. The lowest BCUT2D eigenvalue weighted by Crippen LogP contribution is -2.27. The monoisotopic (exact) mass is 243 g/mol. The normalized spacial score (nSPS) is 20.8. The molecule has 0 radical (unpaired) electrons. The quantitative estimate of drug-likeness (QED) is 0.773. The summed E-state index contributed by atoms with van der Waals surface area (Å²) in [5.41, 5.74) is 2.29. The summed E-state index contributed by atoms with van der Waals surface area (Å²) in [5.74, 6) is 5.90. The first-order valence-electron chi connectivity index (χ1n) is 6.13. The number of benzene rings is 1. The van der Waals surface area contributed by atoms with Crippen molar-refractivity contribution in [3.8, 4) is 11.8 Å². The van der Waals surface area contributed by atoms with Gasteiger partial charge in [-0.05, 0) is 31.4 Å². The molecule has 2 atom stereocenters. The maximum Gasteiger partial charge on any atom is 0.252 e. The van der Waals surface area contributed by atoms with Gasteiger partial charge < -0.3 is 10.4 Å². The summed E-state index contributed by atoms with van der Waals surface area (Å²) in [6.07, 6.45) is 1.05. The summed E-state index contributed by atoms with van der Waals surface area (Å²) in [5, 5.41) is 11.7. The van der Waals surface area contributed by atoms with Gasteiger partial charge in [0.15, 0.2) is 0 Å². The summed E-state index contributed by atoms with van der Waals surface area (Å²) in [4.78, 5) is 12.1. The summed E-state index contributed by atoms with van der Waals surface area (Å²) in [6.45, 7) is 3.86. The van der Waals surface area contributed by atoms with E-state index in [1.54, 1.807) is 0 Å². The largest absolute Gasteiger partial charge is 0.384 e. The lowest BCUT2D eigenvalue weighted by molar-refractivity contribution is 0.0949. The van der Waals surface area contributed by atoms with Crippen molar-refractivity contribution in [3.63, 3.8) is 0 Å². The molecule has 1 saturated carbocycles. The molecule has 2 N–H and O–H groups in total. The Hall–Kier alpha value is -1.79. The standard InChI is InChI=1S/C15H17NO2/c1-10-5-6-12(4-3-7-17)13(8-10)15(18)16-14-9-11(14)2/h5-6,8,11,14,17H,7,9H2,1-2H3,(H,16,18). The third kappa shape index (κ3) is 2.91. The minimum atomic E-state index is -0.200. The third-order valence-electron chi connectivity index (χ3n) is 3.15. The lowest BCUT2D eigenvalue weighted by atomic mass is 10.0. The molecular weight excluding hydrogens is 226 g/mol. The van der Waals surface area contributed by atoms with E-state index in [-0.39, 0.29) is 12.5 Å². The average molecular weight is 243 g/mol. The van der Waals surface area contributed by atoms with Gasteiger partial charge in [-0.25, -0.2) is 0 Å². The molecule has 94 valence electrons. The average Bonchev–Trinajstić information content (AvgIpc) is 3.03. The molecule has 1 amide bonds. The van der Waals surface area contributed by atoms with Crippen molar-refractivity contribution >= 4 is 5.91 Å². The Morgan fingerprint density at radius 1 is 1.56 bits per heavy atom. The van der Waals surface area contributed by atoms with E-state index in [0.29, 0.717) is 23.1 Å². The first kappa shape index (κ1) is 12.7. The van der Waals surface area contributed by atoms with Gasteiger partial charge in [0.1, 0.15) is 6.61 Å². The van der Waals surface area contributed by atoms with Crippen LogP contribution in [-0.4, -0.2) is 23.7 Å². The van der Waals surface area contributed by atoms with E-state index in [4.69, 9.17) is 5.11 Å². The molecular formula is C15H17NO2. The van der Waals surface area contributed by atoms with Crippen LogP contribution in [0.3, 0.4) is 0 Å². The molecule has 3 nitrogen and oxygen atoms in total. The maximum absolute atomic E-state index is 12.1. The van der Waals surface area contributed by atoms with Gasteiger partial charge in [-0.2, -0.15) is 0 Å². The van der Waals surface area contributed by atoms with E-state index < -0.39 is 0 Å². The molecule has 1 aliphatic rings. The molecule has 1 fully saturated rings. The van der Waals surface area contributed by atoms with Gasteiger partial charge in [0, 0.05) is 11.6 Å². The highest BCUT2D eigenvalue weighted by Gasteiger charge is 2.34. The SMILES string of the molecule is Cc1ccc(C#CCO)c(C(=O)NC2CC2C)c1. The van der Waals surface area contributed by atoms with Crippen molar-refractivity contribution < 1.29 is 9.90 Å². The Labute approximate surface area is 107 Å². The van der Waals surface area contributed by atoms with Crippen molar-refractivity contribution in [3.05, 3.63) is 34.9 Å². The van der Waals surface area contributed by atoms with Gasteiger partial charge >= 0.3 is 0 Å². The first-order valence-corrected chi connectivity index (χ1v) is 6.13. The van der Waals surface area contributed by atoms with Crippen molar-refractivity contribution in [2.45, 2.75) is 26.3 Å². The van der Waals surface area contributed by atoms with Crippen LogP contribution in [0, 0.1) is 24.7 Å². The molecule has 2 unspecified atom stereocenters. The Kier molecular flexibility index (Phi) is 3.69. The Bertz CT molecular complexity index is 525. The van der Waals surface area contributed by atoms with E-state index in [1.807, 2.05) is 25.1 Å². The van der Waals surface area contributed by atoms with Crippen LogP contribution in [0.25, 0.3) is 0 Å². The third-order valence-corrected chi connectivity index (χ3v) is 3.15. The molecule has 1 aromatic rings. The van der Waals surface area contributed by atoms with Crippen molar-refractivity contribution in [2.75, 3.05) is 6.61 Å².